The van der Waals surface area contributed by atoms with Crippen molar-refractivity contribution in [3.63, 3.8) is 0 Å². The topological polar surface area (TPSA) is 92.0 Å². The molecule has 0 N–H and O–H groups in total. The number of rotatable bonds is 9. The minimum absolute atomic E-state index is 0. The number of benzene rings is 2. The molecule has 12 heteroatoms. The summed E-state index contributed by atoms with van der Waals surface area (Å²) < 4.78 is 6.20. The highest BCUT2D eigenvalue weighted by atomic mass is 35.5. The van der Waals surface area contributed by atoms with Crippen molar-refractivity contribution in [2.45, 2.75) is 20.8 Å². The number of carbonyl (C=O) groups excluding carboxylic acids is 1. The molecule has 0 saturated carbocycles. The third-order valence-corrected chi connectivity index (χ3v) is 8.01. The van der Waals surface area contributed by atoms with Gasteiger partial charge < -0.3 is 14.5 Å². The van der Waals surface area contributed by atoms with Crippen molar-refractivity contribution in [1.29, 1.82) is 0 Å². The van der Waals surface area contributed by atoms with Crippen LogP contribution in [0.15, 0.2) is 30.3 Å². The lowest BCUT2D eigenvalue weighted by molar-refractivity contribution is -0.384. The largest absolute Gasteiger partial charge is 0.378 e. The van der Waals surface area contributed by atoms with Crippen molar-refractivity contribution in [2.24, 2.45) is 0 Å². The molecule has 2 heterocycles. The first-order valence-corrected chi connectivity index (χ1v) is 13.2. The van der Waals surface area contributed by atoms with Crippen LogP contribution >= 0.6 is 35.3 Å². The Bertz CT molecular complexity index is 1220. The van der Waals surface area contributed by atoms with E-state index in [1.807, 2.05) is 24.0 Å². The monoisotopic (exact) mass is 567 g/mol. The third-order valence-electron chi connectivity index (χ3n) is 6.47. The number of likely N-dealkylation sites (N-methyl/N-ethyl adjacent to an activating group) is 1. The Labute approximate surface area is 231 Å². The fraction of sp³-hybridized carbons (Fsp3) is 0.440. The number of hydrogen-bond acceptors (Lipinski definition) is 8. The van der Waals surface area contributed by atoms with Gasteiger partial charge in [-0.15, -0.1) is 12.4 Å². The SMILES string of the molecule is CCN(CC)CCN(C(=O)c1ccc(N2CCOCC2)c([N+](=O)[O-])c1)c1nc2c(C)ccc(Cl)c2s1.Cl. The summed E-state index contributed by atoms with van der Waals surface area (Å²) in [6.45, 7) is 11.0. The molecule has 9 nitrogen and oxygen atoms in total. The molecule has 0 spiro atoms. The highest BCUT2D eigenvalue weighted by Crippen LogP contribution is 2.37. The van der Waals surface area contributed by atoms with Gasteiger partial charge in [0.25, 0.3) is 11.6 Å². The molecule has 4 rings (SSSR count). The standard InChI is InChI=1S/C25H30ClN5O4S.ClH/c1-4-28(5-2)10-11-30(25-27-22-17(3)6-8-19(26)23(22)36-25)24(32)18-7-9-20(21(16-18)31(33)34)29-12-14-35-15-13-29;/h6-9,16H,4-5,10-15H2,1-3H3;1H. The number of aryl methyl sites for hydroxylation is 1. The molecule has 0 unspecified atom stereocenters. The van der Waals surface area contributed by atoms with Crippen molar-refractivity contribution in [2.75, 3.05) is 62.3 Å². The Balaban J connectivity index is 0.00000380. The van der Waals surface area contributed by atoms with E-state index in [9.17, 15) is 14.9 Å². The smallest absolute Gasteiger partial charge is 0.293 e. The highest BCUT2D eigenvalue weighted by molar-refractivity contribution is 7.23. The predicted molar refractivity (Wildman–Crippen MR) is 152 cm³/mol. The Kier molecular flexibility index (Phi) is 10.1. The van der Waals surface area contributed by atoms with Gasteiger partial charge in [-0.1, -0.05) is 42.9 Å². The van der Waals surface area contributed by atoms with E-state index in [1.54, 1.807) is 17.0 Å². The summed E-state index contributed by atoms with van der Waals surface area (Å²) >= 11 is 7.79. The number of carbonyl (C=O) groups is 1. The van der Waals surface area contributed by atoms with Gasteiger partial charge in [0.1, 0.15) is 5.69 Å². The fourth-order valence-corrected chi connectivity index (χ4v) is 5.64. The normalized spacial score (nSPS) is 13.6. The molecular formula is C25H31Cl2N5O4S. The summed E-state index contributed by atoms with van der Waals surface area (Å²) in [5, 5.41) is 13.1. The van der Waals surface area contributed by atoms with E-state index in [0.29, 0.717) is 55.2 Å². The molecule has 200 valence electrons. The van der Waals surface area contributed by atoms with Crippen LogP contribution in [-0.4, -0.2) is 73.2 Å². The van der Waals surface area contributed by atoms with Gasteiger partial charge in [0.2, 0.25) is 0 Å². The summed E-state index contributed by atoms with van der Waals surface area (Å²) in [4.78, 5) is 35.9. The molecule has 0 atom stereocenters. The fourth-order valence-electron chi connectivity index (χ4n) is 4.30. The van der Waals surface area contributed by atoms with Gasteiger partial charge in [-0.05, 0) is 43.8 Å². The average Bonchev–Trinajstić information content (AvgIpc) is 3.35. The molecular weight excluding hydrogens is 537 g/mol. The van der Waals surface area contributed by atoms with Crippen LogP contribution in [0.2, 0.25) is 5.02 Å². The van der Waals surface area contributed by atoms with Gasteiger partial charge in [-0.25, -0.2) is 4.98 Å². The summed E-state index contributed by atoms with van der Waals surface area (Å²) in [6, 6.07) is 8.44. The summed E-state index contributed by atoms with van der Waals surface area (Å²) in [6.07, 6.45) is 0. The number of halogens is 2. The predicted octanol–water partition coefficient (Wildman–Crippen LogP) is 5.41. The van der Waals surface area contributed by atoms with Crippen LogP contribution in [0.25, 0.3) is 10.2 Å². The van der Waals surface area contributed by atoms with E-state index in [-0.39, 0.29) is 29.6 Å². The number of nitro benzene ring substituents is 1. The van der Waals surface area contributed by atoms with Crippen LogP contribution in [0, 0.1) is 17.0 Å². The van der Waals surface area contributed by atoms with E-state index < -0.39 is 4.92 Å². The van der Waals surface area contributed by atoms with E-state index in [4.69, 9.17) is 21.3 Å². The Morgan fingerprint density at radius 3 is 2.51 bits per heavy atom. The zero-order chi connectivity index (χ0) is 25.8. The van der Waals surface area contributed by atoms with Crippen LogP contribution in [-0.2, 0) is 4.74 Å². The summed E-state index contributed by atoms with van der Waals surface area (Å²) in [5.41, 5.74) is 2.39. The van der Waals surface area contributed by atoms with Gasteiger partial charge in [-0.2, -0.15) is 0 Å². The molecule has 1 aromatic heterocycles. The van der Waals surface area contributed by atoms with Gasteiger partial charge in [0.15, 0.2) is 5.13 Å². The van der Waals surface area contributed by atoms with Crippen molar-refractivity contribution in [1.82, 2.24) is 9.88 Å². The van der Waals surface area contributed by atoms with Crippen LogP contribution < -0.4 is 9.80 Å². The first-order chi connectivity index (χ1) is 17.3. The number of aromatic nitrogens is 1. The van der Waals surface area contributed by atoms with E-state index >= 15 is 0 Å². The number of morpholine rings is 1. The molecule has 1 aliphatic heterocycles. The second kappa shape index (κ2) is 12.8. The van der Waals surface area contributed by atoms with E-state index in [2.05, 4.69) is 18.7 Å². The molecule has 1 fully saturated rings. The number of thiazole rings is 1. The Morgan fingerprint density at radius 1 is 1.19 bits per heavy atom. The lowest BCUT2D eigenvalue weighted by Crippen LogP contribution is -2.39. The lowest BCUT2D eigenvalue weighted by Gasteiger charge is -2.29. The zero-order valence-electron chi connectivity index (χ0n) is 21.1. The number of amides is 1. The molecule has 1 aliphatic rings. The van der Waals surface area contributed by atoms with E-state index in [0.717, 1.165) is 28.9 Å². The second-order valence-electron chi connectivity index (χ2n) is 8.58. The quantitative estimate of drug-likeness (QED) is 0.252. The summed E-state index contributed by atoms with van der Waals surface area (Å²) in [5.74, 6) is -0.327. The van der Waals surface area contributed by atoms with Crippen molar-refractivity contribution in [3.8, 4) is 0 Å². The number of fused-ring (bicyclic) bond motifs is 1. The van der Waals surface area contributed by atoms with Crippen LogP contribution in [0.1, 0.15) is 29.8 Å². The van der Waals surface area contributed by atoms with Gasteiger partial charge in [-0.3, -0.25) is 19.8 Å². The third kappa shape index (κ3) is 6.32. The maximum absolute atomic E-state index is 13.8. The van der Waals surface area contributed by atoms with Gasteiger partial charge >= 0.3 is 0 Å². The molecule has 1 amide bonds. The van der Waals surface area contributed by atoms with Crippen molar-refractivity contribution < 1.29 is 14.5 Å². The Hall–Kier alpha value is -2.50. The summed E-state index contributed by atoms with van der Waals surface area (Å²) in [7, 11) is 0. The molecule has 37 heavy (non-hydrogen) atoms. The maximum atomic E-state index is 13.8. The van der Waals surface area contributed by atoms with Crippen molar-refractivity contribution >= 4 is 68.0 Å². The number of nitro groups is 1. The number of anilines is 2. The zero-order valence-corrected chi connectivity index (χ0v) is 23.5. The number of nitrogens with zero attached hydrogens (tertiary/aromatic N) is 5. The highest BCUT2D eigenvalue weighted by Gasteiger charge is 2.27. The van der Waals surface area contributed by atoms with E-state index in [1.165, 1.54) is 17.4 Å². The number of hydrogen-bond donors (Lipinski definition) is 0. The minimum Gasteiger partial charge on any atom is -0.378 e. The molecule has 0 aliphatic carbocycles. The molecule has 2 aromatic carbocycles. The molecule has 0 bridgehead atoms. The minimum atomic E-state index is -0.428. The molecule has 3 aromatic rings. The van der Waals surface area contributed by atoms with Crippen LogP contribution in [0.5, 0.6) is 0 Å². The first kappa shape index (κ1) is 29.1. The number of ether oxygens (including phenoxy) is 1. The van der Waals surface area contributed by atoms with Crippen LogP contribution in [0.3, 0.4) is 0 Å². The van der Waals surface area contributed by atoms with Crippen LogP contribution in [0.4, 0.5) is 16.5 Å². The lowest BCUT2D eigenvalue weighted by atomic mass is 10.1. The van der Waals surface area contributed by atoms with Crippen molar-refractivity contribution in [3.05, 3.63) is 56.6 Å². The average molecular weight is 569 g/mol. The van der Waals surface area contributed by atoms with Gasteiger partial charge in [0, 0.05) is 37.8 Å². The Morgan fingerprint density at radius 2 is 1.89 bits per heavy atom. The first-order valence-electron chi connectivity index (χ1n) is 12.0. The molecule has 1 saturated heterocycles. The molecule has 0 radical (unpaired) electrons. The maximum Gasteiger partial charge on any atom is 0.293 e. The van der Waals surface area contributed by atoms with Gasteiger partial charge in [0.05, 0.1) is 33.4 Å². The second-order valence-corrected chi connectivity index (χ2v) is 9.97.